The highest BCUT2D eigenvalue weighted by molar-refractivity contribution is 5.81. The number of hydrogen-bond acceptors (Lipinski definition) is 3. The molecule has 2 N–H and O–H groups in total. The first-order valence-electron chi connectivity index (χ1n) is 7.31. The smallest absolute Gasteiger partial charge is 0.407 e. The molecule has 0 aliphatic heterocycles. The summed E-state index contributed by atoms with van der Waals surface area (Å²) in [5.41, 5.74) is 0.890. The number of carboxylic acid groups (broad SMARTS) is 1. The average Bonchev–Trinajstić information content (AvgIpc) is 2.48. The van der Waals surface area contributed by atoms with Crippen molar-refractivity contribution in [1.82, 2.24) is 5.32 Å². The topological polar surface area (TPSA) is 75.6 Å². The van der Waals surface area contributed by atoms with Gasteiger partial charge in [0.1, 0.15) is 6.04 Å². The quantitative estimate of drug-likeness (QED) is 0.722. The van der Waals surface area contributed by atoms with Crippen LogP contribution in [-0.2, 0) is 9.53 Å². The number of alkyl carbamates (subject to hydrolysis) is 1. The molecule has 0 aliphatic carbocycles. The van der Waals surface area contributed by atoms with E-state index < -0.39 is 18.1 Å². The van der Waals surface area contributed by atoms with Crippen LogP contribution in [0.5, 0.6) is 0 Å². The minimum atomic E-state index is -1.06. The minimum absolute atomic E-state index is 0.289. The van der Waals surface area contributed by atoms with Gasteiger partial charge in [-0.1, -0.05) is 50.6 Å². The molecule has 5 nitrogen and oxygen atoms in total. The first kappa shape index (κ1) is 17.0. The van der Waals surface area contributed by atoms with Gasteiger partial charge in [0.05, 0.1) is 6.61 Å². The molecule has 1 aromatic carbocycles. The van der Waals surface area contributed by atoms with Crippen molar-refractivity contribution in [3.8, 4) is 0 Å². The predicted molar refractivity (Wildman–Crippen MR) is 80.3 cm³/mol. The number of carboxylic acids is 1. The minimum Gasteiger partial charge on any atom is -0.480 e. The van der Waals surface area contributed by atoms with E-state index in [2.05, 4.69) is 5.32 Å². The van der Waals surface area contributed by atoms with E-state index in [0.717, 1.165) is 18.4 Å². The summed E-state index contributed by atoms with van der Waals surface area (Å²) in [4.78, 5) is 23.2. The third-order valence-corrected chi connectivity index (χ3v) is 3.34. The molecule has 0 aromatic heterocycles. The highest BCUT2D eigenvalue weighted by Gasteiger charge is 2.30. The van der Waals surface area contributed by atoms with Crippen molar-refractivity contribution in [3.63, 3.8) is 0 Å². The number of benzene rings is 1. The van der Waals surface area contributed by atoms with Gasteiger partial charge in [-0.25, -0.2) is 9.59 Å². The van der Waals surface area contributed by atoms with Crippen molar-refractivity contribution in [3.05, 3.63) is 35.9 Å². The van der Waals surface area contributed by atoms with Crippen molar-refractivity contribution in [2.24, 2.45) is 0 Å². The second-order valence-corrected chi connectivity index (χ2v) is 4.88. The number of nitrogens with one attached hydrogen (secondary N) is 1. The standard InChI is InChI=1S/C16H23NO4/c1-3-5-11-21-16(20)17-14(15(18)19)13(4-2)12-9-7-6-8-10-12/h6-10,13-14H,3-5,11H2,1-2H3,(H,17,20)(H,18,19). The molecule has 21 heavy (non-hydrogen) atoms. The van der Waals surface area contributed by atoms with Crippen LogP contribution in [0.1, 0.15) is 44.6 Å². The summed E-state index contributed by atoms with van der Waals surface area (Å²) in [7, 11) is 0. The van der Waals surface area contributed by atoms with Crippen LogP contribution in [0, 0.1) is 0 Å². The molecule has 0 saturated heterocycles. The van der Waals surface area contributed by atoms with Gasteiger partial charge < -0.3 is 15.2 Å². The van der Waals surface area contributed by atoms with Gasteiger partial charge in [-0.2, -0.15) is 0 Å². The Balaban J connectivity index is 2.75. The van der Waals surface area contributed by atoms with Crippen LogP contribution in [0.4, 0.5) is 4.79 Å². The second-order valence-electron chi connectivity index (χ2n) is 4.88. The molecule has 0 saturated carbocycles. The Kier molecular flexibility index (Phi) is 7.29. The molecular weight excluding hydrogens is 270 g/mol. The van der Waals surface area contributed by atoms with Gasteiger partial charge in [0.15, 0.2) is 0 Å². The fraction of sp³-hybridized carbons (Fsp3) is 0.500. The summed E-state index contributed by atoms with van der Waals surface area (Å²) < 4.78 is 4.98. The number of amides is 1. The van der Waals surface area contributed by atoms with E-state index in [1.54, 1.807) is 0 Å². The maximum Gasteiger partial charge on any atom is 0.407 e. The Morgan fingerprint density at radius 1 is 1.24 bits per heavy atom. The van der Waals surface area contributed by atoms with Crippen molar-refractivity contribution < 1.29 is 19.4 Å². The number of ether oxygens (including phenoxy) is 1. The SMILES string of the molecule is CCCCOC(=O)NC(C(=O)O)C(CC)c1ccccc1. The molecule has 5 heteroatoms. The Morgan fingerprint density at radius 3 is 2.43 bits per heavy atom. The molecule has 0 aliphatic rings. The molecular formula is C16H23NO4. The molecule has 1 aromatic rings. The molecule has 0 fully saturated rings. The Hall–Kier alpha value is -2.04. The number of rotatable bonds is 8. The van der Waals surface area contributed by atoms with E-state index in [0.29, 0.717) is 13.0 Å². The van der Waals surface area contributed by atoms with Gasteiger partial charge in [-0.05, 0) is 18.4 Å². The van der Waals surface area contributed by atoms with Crippen LogP contribution >= 0.6 is 0 Å². The summed E-state index contributed by atoms with van der Waals surface area (Å²) in [6.07, 6.45) is 1.61. The Morgan fingerprint density at radius 2 is 1.90 bits per heavy atom. The monoisotopic (exact) mass is 293 g/mol. The molecule has 116 valence electrons. The highest BCUT2D eigenvalue weighted by atomic mass is 16.5. The molecule has 1 rings (SSSR count). The summed E-state index contributed by atoms with van der Waals surface area (Å²) in [5.74, 6) is -1.35. The van der Waals surface area contributed by atoms with Gasteiger partial charge in [0.2, 0.25) is 0 Å². The van der Waals surface area contributed by atoms with Gasteiger partial charge in [-0.3, -0.25) is 0 Å². The van der Waals surface area contributed by atoms with Gasteiger partial charge in [0.25, 0.3) is 0 Å². The van der Waals surface area contributed by atoms with E-state index in [4.69, 9.17) is 4.74 Å². The number of aliphatic carboxylic acids is 1. The van der Waals surface area contributed by atoms with E-state index in [1.165, 1.54) is 0 Å². The van der Waals surface area contributed by atoms with Crippen LogP contribution in [0.2, 0.25) is 0 Å². The lowest BCUT2D eigenvalue weighted by Gasteiger charge is -2.24. The molecule has 0 heterocycles. The zero-order valence-corrected chi connectivity index (χ0v) is 12.5. The maximum absolute atomic E-state index is 11.7. The van der Waals surface area contributed by atoms with E-state index in [1.807, 2.05) is 44.2 Å². The van der Waals surface area contributed by atoms with Crippen LogP contribution < -0.4 is 5.32 Å². The summed E-state index contributed by atoms with van der Waals surface area (Å²) >= 11 is 0. The van der Waals surface area contributed by atoms with Gasteiger partial charge in [0, 0.05) is 5.92 Å². The number of carbonyl (C=O) groups is 2. The normalized spacial score (nSPS) is 13.2. The van der Waals surface area contributed by atoms with Crippen LogP contribution in [-0.4, -0.2) is 29.8 Å². The van der Waals surface area contributed by atoms with Crippen LogP contribution in [0.25, 0.3) is 0 Å². The molecule has 2 unspecified atom stereocenters. The summed E-state index contributed by atoms with van der Waals surface area (Å²) in [5, 5.41) is 11.9. The fourth-order valence-electron chi connectivity index (χ4n) is 2.18. The van der Waals surface area contributed by atoms with Crippen molar-refractivity contribution in [1.29, 1.82) is 0 Å². The lowest BCUT2D eigenvalue weighted by Crippen LogP contribution is -2.45. The molecule has 0 spiro atoms. The first-order chi connectivity index (χ1) is 10.1. The van der Waals surface area contributed by atoms with E-state index in [-0.39, 0.29) is 5.92 Å². The molecule has 1 amide bonds. The summed E-state index contributed by atoms with van der Waals surface area (Å²) in [6.45, 7) is 4.19. The first-order valence-corrected chi connectivity index (χ1v) is 7.31. The summed E-state index contributed by atoms with van der Waals surface area (Å²) in [6, 6.07) is 8.33. The fourth-order valence-corrected chi connectivity index (χ4v) is 2.18. The van der Waals surface area contributed by atoms with Crippen LogP contribution in [0.3, 0.4) is 0 Å². The van der Waals surface area contributed by atoms with E-state index >= 15 is 0 Å². The van der Waals surface area contributed by atoms with Crippen LogP contribution in [0.15, 0.2) is 30.3 Å². The third-order valence-electron chi connectivity index (χ3n) is 3.34. The largest absolute Gasteiger partial charge is 0.480 e. The van der Waals surface area contributed by atoms with Crippen molar-refractivity contribution in [2.75, 3.05) is 6.61 Å². The maximum atomic E-state index is 11.7. The number of hydrogen-bond donors (Lipinski definition) is 2. The molecule has 2 atom stereocenters. The average molecular weight is 293 g/mol. The van der Waals surface area contributed by atoms with Gasteiger partial charge in [-0.15, -0.1) is 0 Å². The number of carbonyl (C=O) groups excluding carboxylic acids is 1. The zero-order chi connectivity index (χ0) is 15.7. The molecule has 0 radical (unpaired) electrons. The van der Waals surface area contributed by atoms with Crippen molar-refractivity contribution in [2.45, 2.75) is 45.1 Å². The zero-order valence-electron chi connectivity index (χ0n) is 12.5. The van der Waals surface area contributed by atoms with E-state index in [9.17, 15) is 14.7 Å². The van der Waals surface area contributed by atoms with Gasteiger partial charge >= 0.3 is 12.1 Å². The Bertz CT molecular complexity index is 447. The lowest BCUT2D eigenvalue weighted by atomic mass is 9.89. The predicted octanol–water partition coefficient (Wildman–Crippen LogP) is 3.16. The Labute approximate surface area is 125 Å². The number of unbranched alkanes of at least 4 members (excludes halogenated alkanes) is 1. The second kappa shape index (κ2) is 9.00. The van der Waals surface area contributed by atoms with Crippen molar-refractivity contribution >= 4 is 12.1 Å². The lowest BCUT2D eigenvalue weighted by molar-refractivity contribution is -0.140. The highest BCUT2D eigenvalue weighted by Crippen LogP contribution is 2.23. The molecule has 0 bridgehead atoms. The third kappa shape index (κ3) is 5.45.